The molecule has 0 saturated carbocycles. The Hall–Kier alpha value is -0.610. The number of nitrogens with zero attached hydrogens (tertiary/aromatic N) is 2. The summed E-state index contributed by atoms with van der Waals surface area (Å²) in [7, 11) is 0. The fourth-order valence-corrected chi connectivity index (χ4v) is 3.04. The average Bonchev–Trinajstić information content (AvgIpc) is 2.58. The van der Waals surface area contributed by atoms with Crippen molar-refractivity contribution in [2.75, 3.05) is 39.3 Å². The summed E-state index contributed by atoms with van der Waals surface area (Å²) < 4.78 is 0. The highest BCUT2D eigenvalue weighted by atomic mass is 16.3. The van der Waals surface area contributed by atoms with Crippen LogP contribution in [0.1, 0.15) is 38.5 Å². The largest absolute Gasteiger partial charge is 0.396 e. The molecule has 0 radical (unpaired) electrons. The summed E-state index contributed by atoms with van der Waals surface area (Å²) in [5, 5.41) is 9.07. The van der Waals surface area contributed by atoms with E-state index in [1.807, 2.05) is 4.90 Å². The van der Waals surface area contributed by atoms with Crippen molar-refractivity contribution >= 4 is 5.91 Å². The monoisotopic (exact) mass is 254 g/mol. The van der Waals surface area contributed by atoms with Crippen molar-refractivity contribution in [3.05, 3.63) is 0 Å². The third-order valence-electron chi connectivity index (χ3n) is 4.15. The molecule has 4 heteroatoms. The highest BCUT2D eigenvalue weighted by Crippen LogP contribution is 2.17. The van der Waals surface area contributed by atoms with Crippen molar-refractivity contribution in [3.63, 3.8) is 0 Å². The van der Waals surface area contributed by atoms with Crippen LogP contribution < -0.4 is 0 Å². The van der Waals surface area contributed by atoms with Crippen molar-refractivity contribution in [2.45, 2.75) is 38.5 Å². The zero-order chi connectivity index (χ0) is 12.8. The molecule has 1 atom stereocenters. The number of amides is 1. The Kier molecular flexibility index (Phi) is 5.45. The number of carbonyl (C=O) groups is 1. The first-order valence-electron chi connectivity index (χ1n) is 7.40. The van der Waals surface area contributed by atoms with Crippen molar-refractivity contribution in [1.82, 2.24) is 9.80 Å². The number of hydrogen-bond acceptors (Lipinski definition) is 3. The summed E-state index contributed by atoms with van der Waals surface area (Å²) >= 11 is 0. The first-order valence-corrected chi connectivity index (χ1v) is 7.40. The van der Waals surface area contributed by atoms with Crippen LogP contribution in [0.2, 0.25) is 0 Å². The highest BCUT2D eigenvalue weighted by Gasteiger charge is 2.28. The number of aliphatic hydroxyl groups is 1. The number of rotatable bonds is 5. The zero-order valence-corrected chi connectivity index (χ0v) is 11.3. The molecule has 2 aliphatic rings. The molecule has 2 heterocycles. The second kappa shape index (κ2) is 7.10. The molecule has 104 valence electrons. The van der Waals surface area contributed by atoms with E-state index in [0.717, 1.165) is 26.1 Å². The van der Waals surface area contributed by atoms with Crippen LogP contribution in [0, 0.1) is 5.92 Å². The Balaban J connectivity index is 1.64. The third-order valence-corrected chi connectivity index (χ3v) is 4.15. The minimum Gasteiger partial charge on any atom is -0.396 e. The van der Waals surface area contributed by atoms with Crippen molar-refractivity contribution < 1.29 is 9.90 Å². The Bertz CT molecular complexity index is 263. The van der Waals surface area contributed by atoms with Crippen LogP contribution in [0.25, 0.3) is 0 Å². The predicted octanol–water partition coefficient (Wildman–Crippen LogP) is 1.09. The van der Waals surface area contributed by atoms with Gasteiger partial charge in [-0.1, -0.05) is 12.8 Å². The molecule has 2 aliphatic heterocycles. The normalized spacial score (nSPS) is 26.6. The molecular formula is C14H26N2O2. The van der Waals surface area contributed by atoms with Gasteiger partial charge in [0.1, 0.15) is 0 Å². The number of hydrogen-bond donors (Lipinski definition) is 1. The highest BCUT2D eigenvalue weighted by molar-refractivity contribution is 5.78. The van der Waals surface area contributed by atoms with Crippen LogP contribution in [0.3, 0.4) is 0 Å². The summed E-state index contributed by atoms with van der Waals surface area (Å²) in [6, 6.07) is 0. The van der Waals surface area contributed by atoms with Gasteiger partial charge in [-0.15, -0.1) is 0 Å². The first-order chi connectivity index (χ1) is 8.79. The van der Waals surface area contributed by atoms with Crippen molar-refractivity contribution in [2.24, 2.45) is 5.92 Å². The predicted molar refractivity (Wildman–Crippen MR) is 71.3 cm³/mol. The van der Waals surface area contributed by atoms with Gasteiger partial charge in [-0.25, -0.2) is 0 Å². The molecule has 4 nitrogen and oxygen atoms in total. The summed E-state index contributed by atoms with van der Waals surface area (Å²) in [6.07, 6.45) is 7.02. The maximum atomic E-state index is 11.7. The quantitative estimate of drug-likeness (QED) is 0.799. The molecule has 0 aromatic heterocycles. The third kappa shape index (κ3) is 3.95. The van der Waals surface area contributed by atoms with Gasteiger partial charge in [0.05, 0.1) is 0 Å². The number of likely N-dealkylation sites (tertiary alicyclic amines) is 2. The maximum Gasteiger partial charge on any atom is 0.223 e. The Labute approximate surface area is 110 Å². The Morgan fingerprint density at radius 1 is 1.11 bits per heavy atom. The molecule has 0 bridgehead atoms. The summed E-state index contributed by atoms with van der Waals surface area (Å²) in [4.78, 5) is 16.1. The lowest BCUT2D eigenvalue weighted by atomic mass is 10.1. The van der Waals surface area contributed by atoms with Crippen LogP contribution in [0.4, 0.5) is 0 Å². The molecule has 1 unspecified atom stereocenters. The Morgan fingerprint density at radius 2 is 1.83 bits per heavy atom. The molecule has 0 spiro atoms. The van der Waals surface area contributed by atoms with Gasteiger partial charge in [0.15, 0.2) is 0 Å². The van der Waals surface area contributed by atoms with Crippen LogP contribution in [-0.2, 0) is 4.79 Å². The van der Waals surface area contributed by atoms with Crippen LogP contribution >= 0.6 is 0 Å². The second-order valence-corrected chi connectivity index (χ2v) is 5.70. The van der Waals surface area contributed by atoms with Gasteiger partial charge >= 0.3 is 0 Å². The van der Waals surface area contributed by atoms with Crippen LogP contribution in [0.15, 0.2) is 0 Å². The minimum atomic E-state index is 0.147. The second-order valence-electron chi connectivity index (χ2n) is 5.70. The van der Waals surface area contributed by atoms with E-state index >= 15 is 0 Å². The molecule has 18 heavy (non-hydrogen) atoms. The van der Waals surface area contributed by atoms with Gasteiger partial charge in [0, 0.05) is 32.0 Å². The molecule has 0 aromatic rings. The zero-order valence-electron chi connectivity index (χ0n) is 11.3. The van der Waals surface area contributed by atoms with E-state index < -0.39 is 0 Å². The van der Waals surface area contributed by atoms with Gasteiger partial charge in [-0.2, -0.15) is 0 Å². The van der Waals surface area contributed by atoms with Gasteiger partial charge < -0.3 is 14.9 Å². The van der Waals surface area contributed by atoms with Crippen molar-refractivity contribution in [1.29, 1.82) is 0 Å². The SMILES string of the molecule is O=C1CC(CO)CN1CCCN1CCCCCC1. The molecule has 1 N–H and O–H groups in total. The maximum absolute atomic E-state index is 11.7. The lowest BCUT2D eigenvalue weighted by Crippen LogP contribution is -2.31. The van der Waals surface area contributed by atoms with E-state index in [0.29, 0.717) is 6.42 Å². The van der Waals surface area contributed by atoms with E-state index in [1.54, 1.807) is 0 Å². The number of carbonyl (C=O) groups excluding carboxylic acids is 1. The van der Waals surface area contributed by atoms with Gasteiger partial charge in [0.2, 0.25) is 5.91 Å². The molecule has 2 fully saturated rings. The van der Waals surface area contributed by atoms with Gasteiger partial charge in [-0.3, -0.25) is 4.79 Å². The average molecular weight is 254 g/mol. The summed E-state index contributed by atoms with van der Waals surface area (Å²) in [5.41, 5.74) is 0. The first kappa shape index (κ1) is 13.8. The van der Waals surface area contributed by atoms with E-state index in [-0.39, 0.29) is 18.4 Å². The van der Waals surface area contributed by atoms with E-state index in [1.165, 1.54) is 38.8 Å². The lowest BCUT2D eigenvalue weighted by molar-refractivity contribution is -0.127. The summed E-state index contributed by atoms with van der Waals surface area (Å²) in [5.74, 6) is 0.403. The lowest BCUT2D eigenvalue weighted by Gasteiger charge is -2.22. The fraction of sp³-hybridized carbons (Fsp3) is 0.929. The Morgan fingerprint density at radius 3 is 2.44 bits per heavy atom. The number of aliphatic hydroxyl groups excluding tert-OH is 1. The minimum absolute atomic E-state index is 0.147. The van der Waals surface area contributed by atoms with E-state index in [4.69, 9.17) is 5.11 Å². The fourth-order valence-electron chi connectivity index (χ4n) is 3.04. The molecule has 0 aliphatic carbocycles. The van der Waals surface area contributed by atoms with Gasteiger partial charge in [-0.05, 0) is 38.9 Å². The summed E-state index contributed by atoms with van der Waals surface area (Å²) in [6.45, 7) is 5.35. The molecule has 2 saturated heterocycles. The molecule has 2 rings (SSSR count). The van der Waals surface area contributed by atoms with E-state index in [2.05, 4.69) is 4.90 Å². The van der Waals surface area contributed by atoms with Crippen molar-refractivity contribution in [3.8, 4) is 0 Å². The molecular weight excluding hydrogens is 228 g/mol. The van der Waals surface area contributed by atoms with Gasteiger partial charge in [0.25, 0.3) is 0 Å². The molecule has 0 aromatic carbocycles. The smallest absolute Gasteiger partial charge is 0.223 e. The van der Waals surface area contributed by atoms with Crippen LogP contribution in [0.5, 0.6) is 0 Å². The van der Waals surface area contributed by atoms with Crippen LogP contribution in [-0.4, -0.2) is 60.1 Å². The standard InChI is InChI=1S/C14H26N2O2/c17-12-13-10-14(18)16(11-13)9-5-8-15-6-3-1-2-4-7-15/h13,17H,1-12H2. The molecule has 1 amide bonds. The topological polar surface area (TPSA) is 43.8 Å². The van der Waals surface area contributed by atoms with E-state index in [9.17, 15) is 4.79 Å².